The smallest absolute Gasteiger partial charge is 0.136 e. The monoisotopic (exact) mass is 206 g/mol. The number of hydrogen-bond acceptors (Lipinski definition) is 2. The molecule has 0 heterocycles. The van der Waals surface area contributed by atoms with Crippen molar-refractivity contribution in [2.45, 2.75) is 33.1 Å². The number of ketones is 1. The minimum absolute atomic E-state index is 0.283. The molecule has 1 aromatic rings. The highest BCUT2D eigenvalue weighted by molar-refractivity contribution is 5.78. The van der Waals surface area contributed by atoms with Gasteiger partial charge < -0.3 is 4.74 Å². The summed E-state index contributed by atoms with van der Waals surface area (Å²) in [4.78, 5) is 11.2. The van der Waals surface area contributed by atoms with Crippen molar-refractivity contribution in [3.63, 3.8) is 0 Å². The molecular formula is C13H18O2. The number of carbonyl (C=O) groups excluding carboxylic acids is 1. The summed E-state index contributed by atoms with van der Waals surface area (Å²) in [5.41, 5.74) is 1.17. The van der Waals surface area contributed by atoms with Crippen LogP contribution in [0.25, 0.3) is 0 Å². The van der Waals surface area contributed by atoms with Gasteiger partial charge in [0.1, 0.15) is 11.5 Å². The molecule has 2 nitrogen and oxygen atoms in total. The summed E-state index contributed by atoms with van der Waals surface area (Å²) in [6, 6.07) is 7.87. The number of carbonyl (C=O) groups is 1. The minimum Gasteiger partial charge on any atom is -0.493 e. The van der Waals surface area contributed by atoms with Crippen molar-refractivity contribution in [2.75, 3.05) is 6.61 Å². The molecule has 0 aliphatic rings. The van der Waals surface area contributed by atoms with Crippen LogP contribution in [0, 0.1) is 6.92 Å². The Morgan fingerprint density at radius 2 is 2.13 bits per heavy atom. The fourth-order valence-corrected chi connectivity index (χ4v) is 1.39. The van der Waals surface area contributed by atoms with E-state index in [2.05, 4.69) is 0 Å². The Bertz CT molecular complexity index is 318. The summed E-state index contributed by atoms with van der Waals surface area (Å²) in [6.07, 6.45) is 2.10. The average molecular weight is 206 g/mol. The van der Waals surface area contributed by atoms with Crippen molar-refractivity contribution in [1.29, 1.82) is 0 Å². The topological polar surface area (TPSA) is 26.3 Å². The van der Waals surface area contributed by atoms with Crippen molar-refractivity contribution < 1.29 is 9.53 Å². The van der Waals surface area contributed by atoms with Gasteiger partial charge in [0, 0.05) is 12.8 Å². The lowest BCUT2D eigenvalue weighted by atomic mass is 10.2. The van der Waals surface area contributed by atoms with Crippen LogP contribution in [0.1, 0.15) is 31.7 Å². The molecule has 0 unspecified atom stereocenters. The van der Waals surface area contributed by atoms with Gasteiger partial charge in [-0.25, -0.2) is 0 Å². The minimum atomic E-state index is 0.283. The molecule has 0 radical (unpaired) electrons. The summed E-state index contributed by atoms with van der Waals surface area (Å²) < 4.78 is 5.48. The molecule has 0 aromatic heterocycles. The van der Waals surface area contributed by atoms with Crippen molar-refractivity contribution in [3.8, 4) is 5.75 Å². The molecule has 1 rings (SSSR count). The van der Waals surface area contributed by atoms with Crippen LogP contribution in [0.4, 0.5) is 0 Å². The predicted octanol–water partition coefficient (Wildman–Crippen LogP) is 3.13. The van der Waals surface area contributed by atoms with Gasteiger partial charge in [-0.3, -0.25) is 4.79 Å². The zero-order valence-electron chi connectivity index (χ0n) is 9.45. The molecule has 82 valence electrons. The standard InChI is InChI=1S/C13H18O2/c1-3-5-12(14)8-9-15-13-7-4-6-11(2)10-13/h4,6-7,10H,3,5,8-9H2,1-2H3. The van der Waals surface area contributed by atoms with Crippen LogP contribution in [-0.2, 0) is 4.79 Å². The molecular weight excluding hydrogens is 188 g/mol. The molecule has 0 bridgehead atoms. The highest BCUT2D eigenvalue weighted by atomic mass is 16.5. The van der Waals surface area contributed by atoms with E-state index in [1.165, 1.54) is 5.56 Å². The second-order valence-electron chi connectivity index (χ2n) is 3.70. The van der Waals surface area contributed by atoms with Crippen molar-refractivity contribution in [1.82, 2.24) is 0 Å². The van der Waals surface area contributed by atoms with Crippen LogP contribution in [0.3, 0.4) is 0 Å². The van der Waals surface area contributed by atoms with E-state index in [4.69, 9.17) is 4.74 Å². The molecule has 0 saturated carbocycles. The third-order valence-corrected chi connectivity index (χ3v) is 2.17. The number of hydrogen-bond donors (Lipinski definition) is 0. The Labute approximate surface area is 91.3 Å². The molecule has 0 aliphatic heterocycles. The predicted molar refractivity (Wildman–Crippen MR) is 61.2 cm³/mol. The van der Waals surface area contributed by atoms with Crippen LogP contribution < -0.4 is 4.74 Å². The molecule has 1 aromatic carbocycles. The van der Waals surface area contributed by atoms with E-state index in [0.717, 1.165) is 12.2 Å². The fourth-order valence-electron chi connectivity index (χ4n) is 1.39. The quantitative estimate of drug-likeness (QED) is 0.714. The molecule has 0 saturated heterocycles. The van der Waals surface area contributed by atoms with E-state index in [1.54, 1.807) is 0 Å². The second kappa shape index (κ2) is 6.23. The van der Waals surface area contributed by atoms with Crippen molar-refractivity contribution in [2.24, 2.45) is 0 Å². The molecule has 0 spiro atoms. The van der Waals surface area contributed by atoms with Gasteiger partial charge >= 0.3 is 0 Å². The normalized spacial score (nSPS) is 10.0. The fraction of sp³-hybridized carbons (Fsp3) is 0.462. The van der Waals surface area contributed by atoms with Gasteiger partial charge in [0.15, 0.2) is 0 Å². The van der Waals surface area contributed by atoms with Crippen LogP contribution in [0.15, 0.2) is 24.3 Å². The summed E-state index contributed by atoms with van der Waals surface area (Å²) >= 11 is 0. The van der Waals surface area contributed by atoms with Crippen LogP contribution in [0.2, 0.25) is 0 Å². The highest BCUT2D eigenvalue weighted by Gasteiger charge is 2.00. The van der Waals surface area contributed by atoms with E-state index in [1.807, 2.05) is 38.1 Å². The van der Waals surface area contributed by atoms with Gasteiger partial charge in [0.05, 0.1) is 6.61 Å². The van der Waals surface area contributed by atoms with Gasteiger partial charge in [-0.1, -0.05) is 19.1 Å². The van der Waals surface area contributed by atoms with Gasteiger partial charge in [-0.05, 0) is 31.0 Å². The Hall–Kier alpha value is -1.31. The number of aryl methyl sites for hydroxylation is 1. The first-order valence-electron chi connectivity index (χ1n) is 5.43. The SMILES string of the molecule is CCCC(=O)CCOc1cccc(C)c1. The largest absolute Gasteiger partial charge is 0.493 e. The van der Waals surface area contributed by atoms with E-state index < -0.39 is 0 Å². The van der Waals surface area contributed by atoms with Gasteiger partial charge in [-0.15, -0.1) is 0 Å². The zero-order chi connectivity index (χ0) is 11.1. The molecule has 0 atom stereocenters. The van der Waals surface area contributed by atoms with Gasteiger partial charge in [-0.2, -0.15) is 0 Å². The van der Waals surface area contributed by atoms with Crippen LogP contribution in [0.5, 0.6) is 5.75 Å². The highest BCUT2D eigenvalue weighted by Crippen LogP contribution is 2.12. The lowest BCUT2D eigenvalue weighted by molar-refractivity contribution is -0.119. The number of rotatable bonds is 6. The van der Waals surface area contributed by atoms with Crippen LogP contribution >= 0.6 is 0 Å². The molecule has 2 heteroatoms. The third kappa shape index (κ3) is 4.63. The molecule has 0 N–H and O–H groups in total. The maximum atomic E-state index is 11.2. The first kappa shape index (κ1) is 11.8. The molecule has 0 fully saturated rings. The lowest BCUT2D eigenvalue weighted by Gasteiger charge is -2.05. The number of ether oxygens (including phenoxy) is 1. The van der Waals surface area contributed by atoms with Crippen LogP contribution in [-0.4, -0.2) is 12.4 Å². The Kier molecular flexibility index (Phi) is 4.88. The van der Waals surface area contributed by atoms with Crippen molar-refractivity contribution in [3.05, 3.63) is 29.8 Å². The maximum Gasteiger partial charge on any atom is 0.136 e. The maximum absolute atomic E-state index is 11.2. The molecule has 15 heavy (non-hydrogen) atoms. The summed E-state index contributed by atoms with van der Waals surface area (Å²) in [7, 11) is 0. The summed E-state index contributed by atoms with van der Waals surface area (Å²) in [6.45, 7) is 4.52. The Morgan fingerprint density at radius 3 is 2.80 bits per heavy atom. The lowest BCUT2D eigenvalue weighted by Crippen LogP contribution is -2.05. The first-order chi connectivity index (χ1) is 7.22. The number of benzene rings is 1. The third-order valence-electron chi connectivity index (χ3n) is 2.17. The van der Waals surface area contributed by atoms with E-state index in [9.17, 15) is 4.79 Å². The average Bonchev–Trinajstić information content (AvgIpc) is 2.18. The number of Topliss-reactive ketones (excluding diaryl/α,β-unsaturated/α-hetero) is 1. The van der Waals surface area contributed by atoms with Gasteiger partial charge in [0.25, 0.3) is 0 Å². The van der Waals surface area contributed by atoms with E-state index in [-0.39, 0.29) is 5.78 Å². The summed E-state index contributed by atoms with van der Waals surface area (Å²) in [5, 5.41) is 0. The van der Waals surface area contributed by atoms with Crippen molar-refractivity contribution >= 4 is 5.78 Å². The van der Waals surface area contributed by atoms with E-state index in [0.29, 0.717) is 19.4 Å². The Balaban J connectivity index is 2.28. The summed E-state index contributed by atoms with van der Waals surface area (Å²) in [5.74, 6) is 1.13. The first-order valence-corrected chi connectivity index (χ1v) is 5.43. The van der Waals surface area contributed by atoms with Gasteiger partial charge in [0.2, 0.25) is 0 Å². The zero-order valence-corrected chi connectivity index (χ0v) is 9.45. The second-order valence-corrected chi connectivity index (χ2v) is 3.70. The van der Waals surface area contributed by atoms with E-state index >= 15 is 0 Å². The Morgan fingerprint density at radius 1 is 1.33 bits per heavy atom. The molecule has 0 aliphatic carbocycles. The molecule has 0 amide bonds.